The third-order valence-corrected chi connectivity index (χ3v) is 13.6. The number of benzene rings is 8. The van der Waals surface area contributed by atoms with Gasteiger partial charge < -0.3 is 4.90 Å². The molecule has 1 fully saturated rings. The summed E-state index contributed by atoms with van der Waals surface area (Å²) < 4.78 is 0. The highest BCUT2D eigenvalue weighted by Gasteiger charge is 2.39. The summed E-state index contributed by atoms with van der Waals surface area (Å²) in [5, 5.41) is 2.66. The van der Waals surface area contributed by atoms with E-state index in [-0.39, 0.29) is 10.8 Å². The summed E-state index contributed by atoms with van der Waals surface area (Å²) >= 11 is 0. The van der Waals surface area contributed by atoms with Crippen LogP contribution in [-0.4, -0.2) is 0 Å². The molecule has 0 unspecified atom stereocenters. The fourth-order valence-electron chi connectivity index (χ4n) is 10.6. The molecule has 0 atom stereocenters. The van der Waals surface area contributed by atoms with Gasteiger partial charge in [-0.15, -0.1) is 0 Å². The first-order chi connectivity index (χ1) is 29.2. The molecule has 1 nitrogen and oxygen atoms in total. The molecule has 60 heavy (non-hydrogen) atoms. The van der Waals surface area contributed by atoms with Gasteiger partial charge >= 0.3 is 0 Å². The van der Waals surface area contributed by atoms with Crippen molar-refractivity contribution in [2.75, 3.05) is 4.90 Å². The molecule has 0 aliphatic heterocycles. The molecule has 2 aliphatic carbocycles. The van der Waals surface area contributed by atoms with E-state index in [1.165, 1.54) is 110 Å². The fraction of sp³-hybridized carbons (Fsp3) is 0.220. The number of hydrogen-bond acceptors (Lipinski definition) is 1. The molecule has 8 aromatic rings. The van der Waals surface area contributed by atoms with Gasteiger partial charge in [-0.3, -0.25) is 0 Å². The topological polar surface area (TPSA) is 3.24 Å². The first-order valence-corrected chi connectivity index (χ1v) is 22.1. The Labute approximate surface area is 357 Å². The summed E-state index contributed by atoms with van der Waals surface area (Å²) in [7, 11) is 0. The first-order valence-electron chi connectivity index (χ1n) is 22.1. The van der Waals surface area contributed by atoms with Crippen molar-refractivity contribution in [2.24, 2.45) is 0 Å². The molecule has 0 spiro atoms. The third-order valence-electron chi connectivity index (χ3n) is 13.6. The lowest BCUT2D eigenvalue weighted by atomic mass is 9.78. The predicted octanol–water partition coefficient (Wildman–Crippen LogP) is 17.0. The Hall–Kier alpha value is -6.18. The molecule has 0 amide bonds. The molecule has 8 aromatic carbocycles. The number of anilines is 3. The molecule has 0 saturated heterocycles. The van der Waals surface area contributed by atoms with Crippen molar-refractivity contribution in [3.8, 4) is 44.5 Å². The maximum atomic E-state index is 2.48. The predicted molar refractivity (Wildman–Crippen MR) is 257 cm³/mol. The average Bonchev–Trinajstić information content (AvgIpc) is 3.52. The Morgan fingerprint density at radius 3 is 1.90 bits per heavy atom. The normalized spacial score (nSPS) is 14.8. The quantitative estimate of drug-likeness (QED) is 0.156. The van der Waals surface area contributed by atoms with Gasteiger partial charge in [0, 0.05) is 22.4 Å². The molecule has 0 N–H and O–H groups in total. The largest absolute Gasteiger partial charge is 0.310 e. The van der Waals surface area contributed by atoms with E-state index in [0.717, 1.165) is 17.1 Å². The zero-order valence-corrected chi connectivity index (χ0v) is 35.8. The van der Waals surface area contributed by atoms with Gasteiger partial charge in [-0.2, -0.15) is 0 Å². The van der Waals surface area contributed by atoms with E-state index in [9.17, 15) is 0 Å². The van der Waals surface area contributed by atoms with Crippen molar-refractivity contribution < 1.29 is 0 Å². The maximum Gasteiger partial charge on any atom is 0.0540 e. The molecule has 0 radical (unpaired) electrons. The monoisotopic (exact) mass is 777 g/mol. The Kier molecular flexibility index (Phi) is 9.60. The van der Waals surface area contributed by atoms with Crippen LogP contribution in [0.15, 0.2) is 176 Å². The van der Waals surface area contributed by atoms with Crippen LogP contribution in [0, 0.1) is 0 Å². The zero-order chi connectivity index (χ0) is 41.0. The van der Waals surface area contributed by atoms with Crippen LogP contribution >= 0.6 is 0 Å². The number of nitrogens with zero attached hydrogens (tertiary/aromatic N) is 1. The van der Waals surface area contributed by atoms with Crippen molar-refractivity contribution in [2.45, 2.75) is 83.5 Å². The highest BCUT2D eigenvalue weighted by molar-refractivity contribution is 6.02. The first kappa shape index (κ1) is 38.0. The van der Waals surface area contributed by atoms with Gasteiger partial charge in [-0.25, -0.2) is 0 Å². The zero-order valence-electron chi connectivity index (χ0n) is 35.8. The lowest BCUT2D eigenvalue weighted by molar-refractivity contribution is 0.444. The van der Waals surface area contributed by atoms with Gasteiger partial charge in [0.2, 0.25) is 0 Å². The summed E-state index contributed by atoms with van der Waals surface area (Å²) in [5.74, 6) is 0.595. The lowest BCUT2D eigenvalue weighted by Crippen LogP contribution is -2.17. The van der Waals surface area contributed by atoms with E-state index in [1.54, 1.807) is 0 Å². The minimum atomic E-state index is -0.141. The van der Waals surface area contributed by atoms with E-state index in [1.807, 2.05) is 0 Å². The Morgan fingerprint density at radius 1 is 0.483 bits per heavy atom. The number of para-hydroxylation sites is 1. The van der Waals surface area contributed by atoms with Crippen LogP contribution in [-0.2, 0) is 10.8 Å². The van der Waals surface area contributed by atoms with Gasteiger partial charge in [0.15, 0.2) is 0 Å². The van der Waals surface area contributed by atoms with E-state index in [0.29, 0.717) is 5.92 Å². The van der Waals surface area contributed by atoms with Gasteiger partial charge in [0.05, 0.1) is 5.69 Å². The lowest BCUT2D eigenvalue weighted by Gasteiger charge is -2.30. The summed E-state index contributed by atoms with van der Waals surface area (Å²) in [6, 6.07) is 66.1. The second-order valence-electron chi connectivity index (χ2n) is 18.7. The molecule has 10 rings (SSSR count). The van der Waals surface area contributed by atoms with E-state index in [2.05, 4.69) is 215 Å². The van der Waals surface area contributed by atoms with Gasteiger partial charge in [-0.1, -0.05) is 199 Å². The highest BCUT2D eigenvalue weighted by Crippen LogP contribution is 2.54. The van der Waals surface area contributed by atoms with Gasteiger partial charge in [0.1, 0.15) is 0 Å². The summed E-state index contributed by atoms with van der Waals surface area (Å²) in [5.41, 5.74) is 19.5. The number of fused-ring (bicyclic) bond motifs is 4. The molecule has 296 valence electrons. The second-order valence-corrected chi connectivity index (χ2v) is 18.7. The fourth-order valence-corrected chi connectivity index (χ4v) is 10.6. The van der Waals surface area contributed by atoms with Crippen molar-refractivity contribution in [1.29, 1.82) is 0 Å². The smallest absolute Gasteiger partial charge is 0.0540 e. The van der Waals surface area contributed by atoms with E-state index < -0.39 is 0 Å². The SMILES string of the molecule is CC(C)(C)c1cccc2c1-c1ccc(N(c3ccc(-c4ccccc4-c4c(C5CCCCC5)ccc5ccccc45)cc3)c3ccccc3-c3ccccc3)cc1C2(C)C. The second kappa shape index (κ2) is 15.1. The summed E-state index contributed by atoms with van der Waals surface area (Å²) in [4.78, 5) is 2.48. The summed E-state index contributed by atoms with van der Waals surface area (Å²) in [6.45, 7) is 11.8. The molecule has 0 aromatic heterocycles. The minimum absolute atomic E-state index is 0.0355. The van der Waals surface area contributed by atoms with Crippen molar-refractivity contribution in [1.82, 2.24) is 0 Å². The third kappa shape index (κ3) is 6.56. The van der Waals surface area contributed by atoms with Crippen LogP contribution in [0.3, 0.4) is 0 Å². The van der Waals surface area contributed by atoms with Crippen LogP contribution in [0.5, 0.6) is 0 Å². The van der Waals surface area contributed by atoms with E-state index in [4.69, 9.17) is 0 Å². The van der Waals surface area contributed by atoms with Crippen LogP contribution in [0.1, 0.15) is 94.9 Å². The highest BCUT2D eigenvalue weighted by atomic mass is 15.1. The Balaban J connectivity index is 1.13. The molecule has 2 aliphatic rings. The van der Waals surface area contributed by atoms with Crippen LogP contribution in [0.2, 0.25) is 0 Å². The van der Waals surface area contributed by atoms with Crippen molar-refractivity contribution in [3.63, 3.8) is 0 Å². The molecule has 0 bridgehead atoms. The Morgan fingerprint density at radius 2 is 1.13 bits per heavy atom. The molecule has 1 heteroatoms. The molecular weight excluding hydrogens is 723 g/mol. The van der Waals surface area contributed by atoms with Gasteiger partial charge in [0.25, 0.3) is 0 Å². The molecule has 0 heterocycles. The minimum Gasteiger partial charge on any atom is -0.310 e. The number of rotatable bonds is 7. The van der Waals surface area contributed by atoms with Crippen LogP contribution in [0.25, 0.3) is 55.3 Å². The van der Waals surface area contributed by atoms with Crippen LogP contribution in [0.4, 0.5) is 17.1 Å². The maximum absolute atomic E-state index is 2.48. The standard InChI is InChI=1S/C59H55N/c1-58(2,3)52-28-18-29-53-57(52)51-38-36-45(39-54(51)59(53,4)5)60(55-30-17-16-25-47(55)40-19-8-6-9-20-40)44-34-31-43(32-35-44)46-24-14-15-27-50(46)56-48-26-13-12-23-42(48)33-37-49(56)41-21-10-7-11-22-41/h6,8-9,12-20,23-39,41H,7,10-11,21-22H2,1-5H3. The van der Waals surface area contributed by atoms with Crippen LogP contribution < -0.4 is 4.90 Å². The van der Waals surface area contributed by atoms with Crippen molar-refractivity contribution in [3.05, 3.63) is 198 Å². The average molecular weight is 778 g/mol. The molecule has 1 saturated carbocycles. The summed E-state index contributed by atoms with van der Waals surface area (Å²) in [6.07, 6.45) is 6.52. The Bertz CT molecular complexity index is 2850. The number of hydrogen-bond donors (Lipinski definition) is 0. The van der Waals surface area contributed by atoms with Gasteiger partial charge in [-0.05, 0) is 126 Å². The van der Waals surface area contributed by atoms with Crippen molar-refractivity contribution >= 4 is 27.8 Å². The van der Waals surface area contributed by atoms with E-state index >= 15 is 0 Å². The molecular formula is C59H55N.